The molecule has 1 N–H and O–H groups in total. The van der Waals surface area contributed by atoms with Crippen LogP contribution in [0.2, 0.25) is 0 Å². The maximum absolute atomic E-state index is 12.9. The summed E-state index contributed by atoms with van der Waals surface area (Å²) in [6.45, 7) is 3.62. The fraction of sp³-hybridized carbons (Fsp3) is 0.417. The molecule has 2 aliphatic rings. The Morgan fingerprint density at radius 3 is 2.54 bits per heavy atom. The van der Waals surface area contributed by atoms with Gasteiger partial charge in [0, 0.05) is 36.2 Å². The van der Waals surface area contributed by atoms with Crippen LogP contribution in [-0.2, 0) is 6.42 Å². The zero-order chi connectivity index (χ0) is 19.5. The van der Waals surface area contributed by atoms with Crippen molar-refractivity contribution in [2.24, 2.45) is 0 Å². The third-order valence-corrected chi connectivity index (χ3v) is 5.85. The number of carbonyl (C=O) groups is 2. The summed E-state index contributed by atoms with van der Waals surface area (Å²) in [6.07, 6.45) is 5.19. The van der Waals surface area contributed by atoms with E-state index in [0.717, 1.165) is 55.3 Å². The summed E-state index contributed by atoms with van der Waals surface area (Å²) in [4.78, 5) is 27.3. The molecule has 2 aromatic carbocycles. The summed E-state index contributed by atoms with van der Waals surface area (Å²) in [7, 11) is 0. The highest BCUT2D eigenvalue weighted by atomic mass is 16.2. The number of rotatable bonds is 5. The molecule has 1 heterocycles. The van der Waals surface area contributed by atoms with Crippen molar-refractivity contribution in [1.82, 2.24) is 10.2 Å². The Morgan fingerprint density at radius 2 is 1.82 bits per heavy atom. The molecule has 2 aromatic rings. The lowest BCUT2D eigenvalue weighted by molar-refractivity contribution is 0.0706. The van der Waals surface area contributed by atoms with Crippen molar-refractivity contribution in [3.8, 4) is 0 Å². The summed E-state index contributed by atoms with van der Waals surface area (Å²) >= 11 is 0. The first-order valence-corrected chi connectivity index (χ1v) is 10.4. The maximum atomic E-state index is 12.9. The zero-order valence-electron chi connectivity index (χ0n) is 16.5. The van der Waals surface area contributed by atoms with E-state index in [1.807, 2.05) is 47.4 Å². The van der Waals surface area contributed by atoms with Crippen molar-refractivity contribution >= 4 is 11.8 Å². The van der Waals surface area contributed by atoms with E-state index in [4.69, 9.17) is 0 Å². The van der Waals surface area contributed by atoms with Gasteiger partial charge in [-0.15, -0.1) is 0 Å². The zero-order valence-corrected chi connectivity index (χ0v) is 16.5. The van der Waals surface area contributed by atoms with E-state index < -0.39 is 0 Å². The third-order valence-electron chi connectivity index (χ3n) is 5.85. The van der Waals surface area contributed by atoms with Crippen molar-refractivity contribution in [3.63, 3.8) is 0 Å². The number of benzene rings is 2. The van der Waals surface area contributed by atoms with Crippen molar-refractivity contribution in [3.05, 3.63) is 70.8 Å². The van der Waals surface area contributed by atoms with Gasteiger partial charge >= 0.3 is 0 Å². The van der Waals surface area contributed by atoms with Crippen LogP contribution in [0.1, 0.15) is 70.4 Å². The molecular formula is C24H28N2O2. The third kappa shape index (κ3) is 4.27. The largest absolute Gasteiger partial charge is 0.349 e. The predicted octanol–water partition coefficient (Wildman–Crippen LogP) is 4.16. The average Bonchev–Trinajstić information content (AvgIpc) is 3.57. The van der Waals surface area contributed by atoms with E-state index in [0.29, 0.717) is 12.6 Å². The van der Waals surface area contributed by atoms with Crippen molar-refractivity contribution in [2.75, 3.05) is 13.1 Å². The fourth-order valence-electron chi connectivity index (χ4n) is 3.93. The number of hydrogen-bond donors (Lipinski definition) is 1. The second kappa shape index (κ2) is 8.17. The number of aryl methyl sites for hydroxylation is 1. The first-order valence-electron chi connectivity index (χ1n) is 10.4. The van der Waals surface area contributed by atoms with Gasteiger partial charge in [-0.3, -0.25) is 9.59 Å². The lowest BCUT2D eigenvalue weighted by Crippen LogP contribution is -2.39. The van der Waals surface area contributed by atoms with Gasteiger partial charge in [-0.05, 0) is 67.5 Å². The Hall–Kier alpha value is -2.62. The minimum absolute atomic E-state index is 0.0177. The van der Waals surface area contributed by atoms with E-state index in [9.17, 15) is 9.59 Å². The minimum atomic E-state index is 0.0177. The molecule has 1 aliphatic carbocycles. The molecule has 28 heavy (non-hydrogen) atoms. The SMILES string of the molecule is CCc1ccc(C(=O)N2CCC[C@H](c3cccc(C(=O)NC4CC4)c3)C2)cc1. The van der Waals surface area contributed by atoms with Gasteiger partial charge in [0.05, 0.1) is 0 Å². The number of piperidine rings is 1. The van der Waals surface area contributed by atoms with Crippen molar-refractivity contribution in [2.45, 2.75) is 51.0 Å². The lowest BCUT2D eigenvalue weighted by atomic mass is 9.89. The molecule has 0 bridgehead atoms. The van der Waals surface area contributed by atoms with Crippen LogP contribution in [0.5, 0.6) is 0 Å². The second-order valence-electron chi connectivity index (χ2n) is 8.01. The Balaban J connectivity index is 1.45. The molecule has 146 valence electrons. The molecule has 1 saturated heterocycles. The molecule has 1 aliphatic heterocycles. The van der Waals surface area contributed by atoms with Gasteiger partial charge in [-0.2, -0.15) is 0 Å². The van der Waals surface area contributed by atoms with Crippen LogP contribution in [0.15, 0.2) is 48.5 Å². The Morgan fingerprint density at radius 1 is 1.04 bits per heavy atom. The van der Waals surface area contributed by atoms with Crippen LogP contribution >= 0.6 is 0 Å². The topological polar surface area (TPSA) is 49.4 Å². The van der Waals surface area contributed by atoms with Gasteiger partial charge in [-0.25, -0.2) is 0 Å². The molecule has 0 spiro atoms. The Labute approximate surface area is 166 Å². The molecule has 0 aromatic heterocycles. The van der Waals surface area contributed by atoms with Crippen molar-refractivity contribution < 1.29 is 9.59 Å². The minimum Gasteiger partial charge on any atom is -0.349 e. The fourth-order valence-corrected chi connectivity index (χ4v) is 3.93. The van der Waals surface area contributed by atoms with E-state index in [1.54, 1.807) is 0 Å². The number of amides is 2. The molecule has 1 saturated carbocycles. The molecule has 0 radical (unpaired) electrons. The summed E-state index contributed by atoms with van der Waals surface area (Å²) in [5, 5.41) is 3.05. The highest BCUT2D eigenvalue weighted by molar-refractivity contribution is 5.95. The summed E-state index contributed by atoms with van der Waals surface area (Å²) in [5.74, 6) is 0.403. The van der Waals surface area contributed by atoms with Gasteiger partial charge in [0.25, 0.3) is 11.8 Å². The van der Waals surface area contributed by atoms with E-state index >= 15 is 0 Å². The quantitative estimate of drug-likeness (QED) is 0.852. The smallest absolute Gasteiger partial charge is 0.253 e. The Kier molecular flexibility index (Phi) is 5.47. The standard InChI is InChI=1S/C24H28N2O2/c1-2-17-8-10-18(11-9-17)24(28)26-14-4-7-21(16-26)19-5-3-6-20(15-19)23(27)25-22-12-13-22/h3,5-6,8-11,15,21-22H,2,4,7,12-14,16H2,1H3,(H,25,27)/t21-/m0/s1. The number of likely N-dealkylation sites (tertiary alicyclic amines) is 1. The van der Waals surface area contributed by atoms with Gasteiger partial charge in [0.15, 0.2) is 0 Å². The van der Waals surface area contributed by atoms with Gasteiger partial charge in [-0.1, -0.05) is 31.2 Å². The molecule has 4 rings (SSSR count). The van der Waals surface area contributed by atoms with Gasteiger partial charge in [0.2, 0.25) is 0 Å². The number of hydrogen-bond acceptors (Lipinski definition) is 2. The van der Waals surface area contributed by atoms with Gasteiger partial charge < -0.3 is 10.2 Å². The van der Waals surface area contributed by atoms with E-state index in [-0.39, 0.29) is 17.7 Å². The summed E-state index contributed by atoms with van der Waals surface area (Å²) in [5.41, 5.74) is 3.88. The van der Waals surface area contributed by atoms with Gasteiger partial charge in [0.1, 0.15) is 0 Å². The Bertz CT molecular complexity index is 855. The molecule has 0 unspecified atom stereocenters. The number of nitrogens with one attached hydrogen (secondary N) is 1. The number of carbonyl (C=O) groups excluding carboxylic acids is 2. The van der Waals surface area contributed by atoms with E-state index in [2.05, 4.69) is 18.3 Å². The first-order chi connectivity index (χ1) is 13.6. The monoisotopic (exact) mass is 376 g/mol. The summed E-state index contributed by atoms with van der Waals surface area (Å²) in [6, 6.07) is 16.2. The first kappa shape index (κ1) is 18.7. The van der Waals surface area contributed by atoms with Crippen LogP contribution in [0.4, 0.5) is 0 Å². The van der Waals surface area contributed by atoms with E-state index in [1.165, 1.54) is 5.56 Å². The highest BCUT2D eigenvalue weighted by Crippen LogP contribution is 2.29. The normalized spacial score (nSPS) is 19.3. The van der Waals surface area contributed by atoms with Crippen LogP contribution in [-0.4, -0.2) is 35.8 Å². The molecular weight excluding hydrogens is 348 g/mol. The predicted molar refractivity (Wildman–Crippen MR) is 111 cm³/mol. The average molecular weight is 377 g/mol. The molecule has 1 atom stereocenters. The molecule has 2 amide bonds. The van der Waals surface area contributed by atoms with Crippen LogP contribution < -0.4 is 5.32 Å². The highest BCUT2D eigenvalue weighted by Gasteiger charge is 2.27. The molecule has 4 heteroatoms. The van der Waals surface area contributed by atoms with Crippen molar-refractivity contribution in [1.29, 1.82) is 0 Å². The molecule has 2 fully saturated rings. The molecule has 4 nitrogen and oxygen atoms in total. The van der Waals surface area contributed by atoms with Crippen LogP contribution in [0.3, 0.4) is 0 Å². The van der Waals surface area contributed by atoms with Crippen LogP contribution in [0, 0.1) is 0 Å². The maximum Gasteiger partial charge on any atom is 0.253 e. The number of nitrogens with zero attached hydrogens (tertiary/aromatic N) is 1. The second-order valence-corrected chi connectivity index (χ2v) is 8.01. The lowest BCUT2D eigenvalue weighted by Gasteiger charge is -2.33. The van der Waals surface area contributed by atoms with Crippen LogP contribution in [0.25, 0.3) is 0 Å². The summed E-state index contributed by atoms with van der Waals surface area (Å²) < 4.78 is 0.